The highest BCUT2D eigenvalue weighted by atomic mass is 35.5. The van der Waals surface area contributed by atoms with E-state index in [1.807, 2.05) is 13.8 Å². The number of nitrogens with one attached hydrogen (secondary N) is 3. The second kappa shape index (κ2) is 13.9. The Morgan fingerprint density at radius 3 is 2.21 bits per heavy atom. The molecular formula is C31H26Cl3F6N3O4. The van der Waals surface area contributed by atoms with E-state index >= 15 is 4.39 Å². The molecule has 1 fully saturated rings. The Morgan fingerprint density at radius 2 is 1.57 bits per heavy atom. The summed E-state index contributed by atoms with van der Waals surface area (Å²) in [5, 5.41) is 6.67. The number of hydrogen-bond acceptors (Lipinski definition) is 4. The van der Waals surface area contributed by atoms with Crippen LogP contribution in [-0.2, 0) is 20.5 Å². The van der Waals surface area contributed by atoms with Gasteiger partial charge in [0.25, 0.3) is 11.8 Å². The first-order valence-electron chi connectivity index (χ1n) is 13.9. The van der Waals surface area contributed by atoms with Gasteiger partial charge in [-0.3, -0.25) is 14.4 Å². The average molecular weight is 725 g/mol. The predicted octanol–water partition coefficient (Wildman–Crippen LogP) is 8.55. The fourth-order valence-corrected chi connectivity index (χ4v) is 5.64. The van der Waals surface area contributed by atoms with E-state index in [2.05, 4.69) is 16.0 Å². The van der Waals surface area contributed by atoms with Crippen molar-refractivity contribution >= 4 is 69.6 Å². The van der Waals surface area contributed by atoms with E-state index < -0.39 is 80.6 Å². The first-order chi connectivity index (χ1) is 21.8. The van der Waals surface area contributed by atoms with Gasteiger partial charge in [0.15, 0.2) is 5.82 Å². The standard InChI is InChI=1S/C31H26Cl3F6N3O4/c1-13(2)12-47-14(3)27(44)43-26-21(36)8-9-22(25(26)37)42-28(45)17-11-16(5-6-19(17)32)41-29(46)24-23(30(24,33)34)15-4-7-20(35)18(10-15)31(38,39)40/h4-11,13-14,23-24H,12H2,1-3H3,(H,41,46)(H,42,45)(H,43,44)/t14?,23-,24+/m0/s1. The average Bonchev–Trinajstić information content (AvgIpc) is 3.57. The third kappa shape index (κ3) is 8.14. The van der Waals surface area contributed by atoms with Crippen LogP contribution in [0.1, 0.15) is 48.2 Å². The van der Waals surface area contributed by atoms with Gasteiger partial charge in [-0.15, -0.1) is 23.2 Å². The van der Waals surface area contributed by atoms with Crippen molar-refractivity contribution in [3.05, 3.63) is 87.7 Å². The molecule has 0 bridgehead atoms. The van der Waals surface area contributed by atoms with Crippen LogP contribution >= 0.6 is 34.8 Å². The molecule has 47 heavy (non-hydrogen) atoms. The molecule has 0 radical (unpaired) electrons. The molecule has 1 aliphatic rings. The Kier molecular flexibility index (Phi) is 10.8. The van der Waals surface area contributed by atoms with Crippen molar-refractivity contribution in [2.75, 3.05) is 22.6 Å². The molecule has 7 nitrogen and oxygen atoms in total. The lowest BCUT2D eigenvalue weighted by Crippen LogP contribution is -2.29. The van der Waals surface area contributed by atoms with Crippen LogP contribution in [0.4, 0.5) is 43.4 Å². The van der Waals surface area contributed by atoms with Crippen molar-refractivity contribution in [2.24, 2.45) is 11.8 Å². The molecule has 16 heteroatoms. The molecule has 3 amide bonds. The van der Waals surface area contributed by atoms with Gasteiger partial charge in [-0.05, 0) is 60.9 Å². The fraction of sp³-hybridized carbons (Fsp3) is 0.323. The summed E-state index contributed by atoms with van der Waals surface area (Å²) in [4.78, 5) is 38.6. The molecule has 3 aromatic carbocycles. The molecule has 252 valence electrons. The Morgan fingerprint density at radius 1 is 0.915 bits per heavy atom. The van der Waals surface area contributed by atoms with Gasteiger partial charge >= 0.3 is 6.18 Å². The van der Waals surface area contributed by atoms with Crippen LogP contribution in [0.5, 0.6) is 0 Å². The topological polar surface area (TPSA) is 96.5 Å². The number of benzene rings is 3. The van der Waals surface area contributed by atoms with E-state index in [0.717, 1.165) is 24.3 Å². The second-order valence-corrected chi connectivity index (χ2v) is 13.0. The Bertz CT molecular complexity index is 1720. The number of halogens is 9. The summed E-state index contributed by atoms with van der Waals surface area (Å²) >= 11 is 18.6. The molecule has 4 rings (SSSR count). The van der Waals surface area contributed by atoms with E-state index in [4.69, 9.17) is 39.5 Å². The molecule has 3 atom stereocenters. The van der Waals surface area contributed by atoms with Crippen molar-refractivity contribution in [1.82, 2.24) is 0 Å². The number of carbonyl (C=O) groups is 3. The number of rotatable bonds is 10. The van der Waals surface area contributed by atoms with Crippen molar-refractivity contribution in [2.45, 2.75) is 43.3 Å². The normalized spacial score (nSPS) is 17.6. The predicted molar refractivity (Wildman–Crippen MR) is 165 cm³/mol. The van der Waals surface area contributed by atoms with Gasteiger partial charge in [0, 0.05) is 18.2 Å². The molecular weight excluding hydrogens is 699 g/mol. The number of hydrogen-bond donors (Lipinski definition) is 3. The van der Waals surface area contributed by atoms with E-state index in [1.165, 1.54) is 19.1 Å². The van der Waals surface area contributed by atoms with Crippen LogP contribution < -0.4 is 16.0 Å². The Labute approximate surface area is 279 Å². The molecule has 0 spiro atoms. The third-order valence-corrected chi connectivity index (χ3v) is 8.38. The zero-order valence-corrected chi connectivity index (χ0v) is 26.9. The first kappa shape index (κ1) is 36.3. The minimum Gasteiger partial charge on any atom is -0.368 e. The number of carbonyl (C=O) groups excluding carboxylic acids is 3. The van der Waals surface area contributed by atoms with E-state index in [1.54, 1.807) is 0 Å². The highest BCUT2D eigenvalue weighted by Gasteiger charge is 2.67. The highest BCUT2D eigenvalue weighted by Crippen LogP contribution is 2.65. The van der Waals surface area contributed by atoms with Crippen LogP contribution in [-0.4, -0.2) is 34.8 Å². The lowest BCUT2D eigenvalue weighted by Gasteiger charge is -2.17. The summed E-state index contributed by atoms with van der Waals surface area (Å²) in [6, 6.07) is 7.56. The SMILES string of the molecule is CC(C)COC(C)C(=O)Nc1c(F)ccc(NC(=O)c2cc(NC(=O)[C@H]3[C@H](c4ccc(F)c(C(F)(F)F)c4)C3(Cl)Cl)ccc2Cl)c1F. The summed E-state index contributed by atoms with van der Waals surface area (Å²) in [6.45, 7) is 5.34. The number of alkyl halides is 5. The lowest BCUT2D eigenvalue weighted by atomic mass is 10.0. The Balaban J connectivity index is 1.49. The quantitative estimate of drug-likeness (QED) is 0.144. The third-order valence-electron chi connectivity index (χ3n) is 7.11. The van der Waals surface area contributed by atoms with E-state index in [-0.39, 0.29) is 34.4 Å². The number of anilines is 3. The van der Waals surface area contributed by atoms with Gasteiger partial charge in [0.05, 0.1) is 27.8 Å². The van der Waals surface area contributed by atoms with Crippen LogP contribution in [0.25, 0.3) is 0 Å². The highest BCUT2D eigenvalue weighted by molar-refractivity contribution is 6.53. The summed E-state index contributed by atoms with van der Waals surface area (Å²) in [5.74, 6) is -8.83. The van der Waals surface area contributed by atoms with Crippen molar-refractivity contribution < 1.29 is 45.5 Å². The summed E-state index contributed by atoms with van der Waals surface area (Å²) in [5.41, 5.74) is -3.28. The van der Waals surface area contributed by atoms with E-state index in [0.29, 0.717) is 12.1 Å². The maximum absolute atomic E-state index is 15.2. The van der Waals surface area contributed by atoms with Crippen molar-refractivity contribution in [3.8, 4) is 0 Å². The monoisotopic (exact) mass is 723 g/mol. The molecule has 0 saturated heterocycles. The Hall–Kier alpha value is -3.52. The molecule has 1 saturated carbocycles. The van der Waals surface area contributed by atoms with Gasteiger partial charge in [-0.2, -0.15) is 13.2 Å². The van der Waals surface area contributed by atoms with E-state index in [9.17, 15) is 36.3 Å². The van der Waals surface area contributed by atoms with Gasteiger partial charge in [0.2, 0.25) is 5.91 Å². The molecule has 0 aromatic heterocycles. The zero-order chi connectivity index (χ0) is 35.0. The molecule has 3 N–H and O–H groups in total. The first-order valence-corrected chi connectivity index (χ1v) is 15.0. The second-order valence-electron chi connectivity index (χ2n) is 11.1. The van der Waals surface area contributed by atoms with Crippen LogP contribution in [0.3, 0.4) is 0 Å². The smallest absolute Gasteiger partial charge is 0.368 e. The summed E-state index contributed by atoms with van der Waals surface area (Å²) in [6.07, 6.45) is -6.03. The summed E-state index contributed by atoms with van der Waals surface area (Å²) < 4.78 is 86.7. The van der Waals surface area contributed by atoms with Crippen molar-refractivity contribution in [3.63, 3.8) is 0 Å². The van der Waals surface area contributed by atoms with Crippen LogP contribution in [0, 0.1) is 29.3 Å². The van der Waals surface area contributed by atoms with Crippen molar-refractivity contribution in [1.29, 1.82) is 0 Å². The largest absolute Gasteiger partial charge is 0.419 e. The molecule has 0 aliphatic heterocycles. The van der Waals surface area contributed by atoms with Crippen LogP contribution in [0.15, 0.2) is 48.5 Å². The number of ether oxygens (including phenoxy) is 1. The van der Waals surface area contributed by atoms with Crippen LogP contribution in [0.2, 0.25) is 5.02 Å². The molecule has 0 heterocycles. The minimum atomic E-state index is -5.00. The summed E-state index contributed by atoms with van der Waals surface area (Å²) in [7, 11) is 0. The maximum atomic E-state index is 15.2. The number of amides is 3. The van der Waals surface area contributed by atoms with Gasteiger partial charge in [-0.25, -0.2) is 13.2 Å². The molecule has 1 aliphatic carbocycles. The van der Waals surface area contributed by atoms with Gasteiger partial charge < -0.3 is 20.7 Å². The lowest BCUT2D eigenvalue weighted by molar-refractivity contribution is -0.140. The van der Waals surface area contributed by atoms with Gasteiger partial charge in [-0.1, -0.05) is 31.5 Å². The van der Waals surface area contributed by atoms with Gasteiger partial charge in [0.1, 0.15) is 27.8 Å². The molecule has 1 unspecified atom stereocenters. The fourth-order valence-electron chi connectivity index (χ4n) is 4.61. The zero-order valence-electron chi connectivity index (χ0n) is 24.7. The maximum Gasteiger partial charge on any atom is 0.419 e. The molecule has 3 aromatic rings. The minimum absolute atomic E-state index is 0.0164.